The maximum Gasteiger partial charge on any atom is 0.328 e. The highest BCUT2D eigenvalue weighted by atomic mass is 19.2. The van der Waals surface area contributed by atoms with Crippen molar-refractivity contribution in [2.24, 2.45) is 11.8 Å². The van der Waals surface area contributed by atoms with Gasteiger partial charge in [-0.15, -0.1) is 0 Å². The monoisotopic (exact) mass is 511 g/mol. The predicted molar refractivity (Wildman–Crippen MR) is 122 cm³/mol. The highest BCUT2D eigenvalue weighted by Gasteiger charge is 2.44. The lowest BCUT2D eigenvalue weighted by molar-refractivity contribution is -0.148. The van der Waals surface area contributed by atoms with E-state index in [1.165, 1.54) is 6.07 Å². The van der Waals surface area contributed by atoms with Crippen molar-refractivity contribution in [2.75, 3.05) is 13.2 Å². The molecule has 4 atom stereocenters. The van der Waals surface area contributed by atoms with Gasteiger partial charge in [0.15, 0.2) is 11.6 Å². The highest BCUT2D eigenvalue weighted by molar-refractivity contribution is 5.93. The summed E-state index contributed by atoms with van der Waals surface area (Å²) in [5.41, 5.74) is 0.495. The van der Waals surface area contributed by atoms with Gasteiger partial charge in [-0.2, -0.15) is 0 Å². The summed E-state index contributed by atoms with van der Waals surface area (Å²) in [4.78, 5) is 60.5. The van der Waals surface area contributed by atoms with Crippen LogP contribution in [-0.4, -0.2) is 60.0 Å². The molecule has 1 aromatic carbocycles. The first-order chi connectivity index (χ1) is 16.9. The Morgan fingerprint density at radius 2 is 1.81 bits per heavy atom. The molecule has 1 aromatic rings. The first-order valence-corrected chi connectivity index (χ1v) is 11.6. The molecule has 0 bridgehead atoms. The number of carboxylic acids is 1. The lowest BCUT2D eigenvalue weighted by Gasteiger charge is -2.24. The molecule has 1 aliphatic carbocycles. The van der Waals surface area contributed by atoms with Crippen LogP contribution in [0.15, 0.2) is 18.2 Å². The quantitative estimate of drug-likeness (QED) is 0.291. The molecule has 198 valence electrons. The van der Waals surface area contributed by atoms with Gasteiger partial charge in [0.05, 0.1) is 13.2 Å². The molecule has 0 heterocycles. The van der Waals surface area contributed by atoms with Gasteiger partial charge in [-0.25, -0.2) is 13.6 Å². The molecule has 0 spiro atoms. The molecule has 1 saturated carbocycles. The summed E-state index contributed by atoms with van der Waals surface area (Å²) >= 11 is 0. The second-order valence-corrected chi connectivity index (χ2v) is 8.87. The fourth-order valence-corrected chi connectivity index (χ4v) is 3.68. The molecule has 4 unspecified atom stereocenters. The minimum absolute atomic E-state index is 0.0419. The van der Waals surface area contributed by atoms with Gasteiger partial charge < -0.3 is 25.8 Å². The Balaban J connectivity index is 1.89. The number of benzene rings is 1. The van der Waals surface area contributed by atoms with Gasteiger partial charge in [0.25, 0.3) is 0 Å². The van der Waals surface area contributed by atoms with E-state index in [2.05, 4.69) is 16.0 Å². The summed E-state index contributed by atoms with van der Waals surface area (Å²) in [5, 5.41) is 16.3. The van der Waals surface area contributed by atoms with E-state index in [0.29, 0.717) is 12.0 Å². The summed E-state index contributed by atoms with van der Waals surface area (Å²) < 4.78 is 31.4. The Hall–Kier alpha value is -3.57. The topological polar surface area (TPSA) is 151 Å². The van der Waals surface area contributed by atoms with Gasteiger partial charge in [0.2, 0.25) is 17.7 Å². The van der Waals surface area contributed by atoms with E-state index in [9.17, 15) is 32.8 Å². The molecule has 12 heteroatoms. The maximum absolute atomic E-state index is 13.4. The van der Waals surface area contributed by atoms with E-state index in [-0.39, 0.29) is 25.4 Å². The zero-order valence-corrected chi connectivity index (χ0v) is 20.3. The van der Waals surface area contributed by atoms with E-state index in [0.717, 1.165) is 12.1 Å². The Kier molecular flexibility index (Phi) is 10.3. The van der Waals surface area contributed by atoms with Crippen molar-refractivity contribution in [1.82, 2.24) is 16.0 Å². The molecule has 0 aromatic heterocycles. The predicted octanol–water partition coefficient (Wildman–Crippen LogP) is 1.24. The molecule has 10 nitrogen and oxygen atoms in total. The largest absolute Gasteiger partial charge is 0.481 e. The zero-order chi connectivity index (χ0) is 27.0. The van der Waals surface area contributed by atoms with Crippen LogP contribution in [0.4, 0.5) is 8.78 Å². The maximum atomic E-state index is 13.4. The summed E-state index contributed by atoms with van der Waals surface area (Å²) in [6.07, 6.45) is -0.127. The van der Waals surface area contributed by atoms with Crippen molar-refractivity contribution in [3.05, 3.63) is 35.4 Å². The van der Waals surface area contributed by atoms with Crippen LogP contribution in [0.2, 0.25) is 0 Å². The molecule has 1 fully saturated rings. The molecule has 3 amide bonds. The van der Waals surface area contributed by atoms with Crippen LogP contribution < -0.4 is 16.0 Å². The summed E-state index contributed by atoms with van der Waals surface area (Å²) in [6.45, 7) is 4.52. The number of halogens is 2. The number of ether oxygens (including phenoxy) is 1. The third-order valence-electron chi connectivity index (χ3n) is 5.72. The van der Waals surface area contributed by atoms with Crippen LogP contribution in [0.1, 0.15) is 51.5 Å². The summed E-state index contributed by atoms with van der Waals surface area (Å²) in [6, 6.07) is 1.19. The van der Waals surface area contributed by atoms with Crippen LogP contribution in [-0.2, 0) is 28.7 Å². The van der Waals surface area contributed by atoms with Crippen molar-refractivity contribution < 1.29 is 42.6 Å². The highest BCUT2D eigenvalue weighted by Crippen LogP contribution is 2.47. The number of hydrogen-bond acceptors (Lipinski definition) is 6. The third-order valence-corrected chi connectivity index (χ3v) is 5.72. The molecule has 0 radical (unpaired) electrons. The van der Waals surface area contributed by atoms with E-state index < -0.39 is 71.8 Å². The summed E-state index contributed by atoms with van der Waals surface area (Å²) in [5.74, 6) is -6.84. The average molecular weight is 512 g/mol. The van der Waals surface area contributed by atoms with Crippen molar-refractivity contribution in [2.45, 2.75) is 58.0 Å². The molecule has 1 aliphatic rings. The first-order valence-electron chi connectivity index (χ1n) is 11.6. The molecule has 36 heavy (non-hydrogen) atoms. The van der Waals surface area contributed by atoms with E-state index in [1.54, 1.807) is 20.8 Å². The van der Waals surface area contributed by atoms with Gasteiger partial charge in [0, 0.05) is 12.3 Å². The molecular formula is C24H31F2N3O7. The smallest absolute Gasteiger partial charge is 0.328 e. The molecule has 0 saturated heterocycles. The number of carbonyl (C=O) groups excluding carboxylic acids is 4. The second kappa shape index (κ2) is 12.9. The first kappa shape index (κ1) is 28.7. The summed E-state index contributed by atoms with van der Waals surface area (Å²) in [7, 11) is 0. The fourth-order valence-electron chi connectivity index (χ4n) is 3.68. The number of nitrogens with one attached hydrogen (secondary N) is 3. The van der Waals surface area contributed by atoms with Crippen molar-refractivity contribution in [1.29, 1.82) is 0 Å². The van der Waals surface area contributed by atoms with Crippen LogP contribution in [0.25, 0.3) is 0 Å². The van der Waals surface area contributed by atoms with Crippen LogP contribution in [0, 0.1) is 23.5 Å². The number of hydrogen-bond donors (Lipinski definition) is 4. The number of carbonyl (C=O) groups is 5. The average Bonchev–Trinajstić information content (AvgIpc) is 3.61. The number of rotatable bonds is 13. The molecule has 2 rings (SSSR count). The molecular weight excluding hydrogens is 480 g/mol. The minimum atomic E-state index is -1.20. The number of aliphatic carboxylic acids is 1. The SMILES string of the molecule is CCOC(=O)C(CCC(=O)O)NC(=O)C(NC(=O)CNC(=O)C1CC1c1ccc(F)c(F)c1)C(C)C. The number of carboxylic acid groups (broad SMARTS) is 1. The van der Waals surface area contributed by atoms with E-state index >= 15 is 0 Å². The second-order valence-electron chi connectivity index (χ2n) is 8.87. The Morgan fingerprint density at radius 1 is 1.11 bits per heavy atom. The normalized spacial score (nSPS) is 18.1. The van der Waals surface area contributed by atoms with Crippen molar-refractivity contribution in [3.8, 4) is 0 Å². The minimum Gasteiger partial charge on any atom is -0.481 e. The van der Waals surface area contributed by atoms with Gasteiger partial charge in [-0.1, -0.05) is 19.9 Å². The number of esters is 1. The van der Waals surface area contributed by atoms with Gasteiger partial charge in [-0.3, -0.25) is 19.2 Å². The van der Waals surface area contributed by atoms with E-state index in [4.69, 9.17) is 9.84 Å². The lowest BCUT2D eigenvalue weighted by atomic mass is 10.0. The van der Waals surface area contributed by atoms with Gasteiger partial charge >= 0.3 is 11.9 Å². The van der Waals surface area contributed by atoms with Gasteiger partial charge in [-0.05, 0) is 49.3 Å². The van der Waals surface area contributed by atoms with Crippen molar-refractivity contribution in [3.63, 3.8) is 0 Å². The van der Waals surface area contributed by atoms with Crippen molar-refractivity contribution >= 4 is 29.7 Å². The third kappa shape index (κ3) is 8.28. The van der Waals surface area contributed by atoms with E-state index in [1.807, 2.05) is 0 Å². The Morgan fingerprint density at radius 3 is 2.39 bits per heavy atom. The standard InChI is InChI=1S/C24H31F2N3O7/c1-4-36-24(35)18(7-8-20(31)32)28-23(34)21(12(2)3)29-19(30)11-27-22(33)15-10-14(15)13-5-6-16(25)17(26)9-13/h5-6,9,12,14-15,18,21H,4,7-8,10-11H2,1-3H3,(H,27,33)(H,28,34)(H,29,30)(H,31,32). The lowest BCUT2D eigenvalue weighted by Crippen LogP contribution is -2.55. The van der Waals surface area contributed by atoms with Crippen LogP contribution in [0.5, 0.6) is 0 Å². The Bertz CT molecular complexity index is 1000. The fraction of sp³-hybridized carbons (Fsp3) is 0.542. The van der Waals surface area contributed by atoms with Crippen LogP contribution >= 0.6 is 0 Å². The zero-order valence-electron chi connectivity index (χ0n) is 20.3. The van der Waals surface area contributed by atoms with Crippen LogP contribution in [0.3, 0.4) is 0 Å². The molecule has 0 aliphatic heterocycles. The number of amides is 3. The van der Waals surface area contributed by atoms with Gasteiger partial charge in [0.1, 0.15) is 12.1 Å². The Labute approximate surface area is 207 Å². The molecule has 4 N–H and O–H groups in total.